The summed E-state index contributed by atoms with van der Waals surface area (Å²) < 4.78 is 5.45. The van der Waals surface area contributed by atoms with E-state index in [0.717, 1.165) is 5.56 Å². The fourth-order valence-electron chi connectivity index (χ4n) is 1.78. The molecule has 4 N–H and O–H groups in total. The molecule has 2 atom stereocenters. The van der Waals surface area contributed by atoms with Crippen LogP contribution in [0.2, 0.25) is 5.02 Å². The minimum Gasteiger partial charge on any atom is -0.480 e. The number of halogens is 1. The van der Waals surface area contributed by atoms with Gasteiger partial charge in [0.25, 0.3) is 5.91 Å². The van der Waals surface area contributed by atoms with E-state index < -0.39 is 24.0 Å². The summed E-state index contributed by atoms with van der Waals surface area (Å²) in [5, 5.41) is 12.2. The molecule has 1 aromatic rings. The molecule has 1 aliphatic heterocycles. The fourth-order valence-corrected chi connectivity index (χ4v) is 1.97. The standard InChI is InChI=1S/C12H13ClN2O4/c13-7-1-2-9-6(3-7)4-10(19-9)12(18)15-5-8(16)11(14)17/h1-3,8,10,16H,4-5H2,(H2,14,17)(H,15,18). The number of aliphatic hydroxyl groups excluding tert-OH is 1. The number of hydrogen-bond acceptors (Lipinski definition) is 4. The maximum Gasteiger partial charge on any atom is 0.261 e. The first kappa shape index (κ1) is 13.6. The molecule has 0 saturated carbocycles. The number of carbonyl (C=O) groups is 2. The van der Waals surface area contributed by atoms with Crippen molar-refractivity contribution in [1.29, 1.82) is 0 Å². The van der Waals surface area contributed by atoms with Gasteiger partial charge in [-0.15, -0.1) is 0 Å². The Kier molecular flexibility index (Phi) is 3.92. The summed E-state index contributed by atoms with van der Waals surface area (Å²) in [6, 6.07) is 5.11. The van der Waals surface area contributed by atoms with Gasteiger partial charge >= 0.3 is 0 Å². The van der Waals surface area contributed by atoms with Crippen molar-refractivity contribution in [2.45, 2.75) is 18.6 Å². The molecule has 2 amide bonds. The Morgan fingerprint density at radius 3 is 3.00 bits per heavy atom. The van der Waals surface area contributed by atoms with Crippen LogP contribution in [0.1, 0.15) is 5.56 Å². The van der Waals surface area contributed by atoms with Crippen LogP contribution >= 0.6 is 11.6 Å². The number of primary amides is 1. The van der Waals surface area contributed by atoms with Crippen LogP contribution in [0.15, 0.2) is 18.2 Å². The highest BCUT2D eigenvalue weighted by Gasteiger charge is 2.29. The molecule has 1 heterocycles. The van der Waals surface area contributed by atoms with Gasteiger partial charge < -0.3 is 20.9 Å². The number of nitrogens with two attached hydrogens (primary N) is 1. The lowest BCUT2D eigenvalue weighted by atomic mass is 10.1. The summed E-state index contributed by atoms with van der Waals surface area (Å²) in [7, 11) is 0. The molecular weight excluding hydrogens is 272 g/mol. The normalized spacial score (nSPS) is 18.3. The number of hydrogen-bond donors (Lipinski definition) is 3. The number of aliphatic hydroxyl groups is 1. The van der Waals surface area contributed by atoms with E-state index >= 15 is 0 Å². The van der Waals surface area contributed by atoms with Gasteiger partial charge in [0, 0.05) is 11.4 Å². The van der Waals surface area contributed by atoms with Gasteiger partial charge in [0.15, 0.2) is 6.10 Å². The quantitative estimate of drug-likeness (QED) is 0.700. The lowest BCUT2D eigenvalue weighted by Gasteiger charge is -2.12. The fraction of sp³-hybridized carbons (Fsp3) is 0.333. The highest BCUT2D eigenvalue weighted by atomic mass is 35.5. The Morgan fingerprint density at radius 2 is 2.32 bits per heavy atom. The average Bonchev–Trinajstić information content (AvgIpc) is 2.78. The van der Waals surface area contributed by atoms with Crippen molar-refractivity contribution in [2.75, 3.05) is 6.54 Å². The molecule has 1 aromatic carbocycles. The maximum absolute atomic E-state index is 11.8. The number of amides is 2. The van der Waals surface area contributed by atoms with Crippen LogP contribution in [0.25, 0.3) is 0 Å². The number of rotatable bonds is 4. The van der Waals surface area contributed by atoms with Gasteiger partial charge in [0.2, 0.25) is 5.91 Å². The topological polar surface area (TPSA) is 102 Å². The summed E-state index contributed by atoms with van der Waals surface area (Å²) in [5.41, 5.74) is 5.73. The zero-order valence-electron chi connectivity index (χ0n) is 9.93. The Balaban J connectivity index is 1.92. The molecule has 19 heavy (non-hydrogen) atoms. The van der Waals surface area contributed by atoms with E-state index in [1.165, 1.54) is 0 Å². The minimum atomic E-state index is -1.40. The van der Waals surface area contributed by atoms with E-state index in [0.29, 0.717) is 17.2 Å². The molecule has 1 aliphatic rings. The molecule has 0 fully saturated rings. The zero-order valence-corrected chi connectivity index (χ0v) is 10.7. The van der Waals surface area contributed by atoms with E-state index in [2.05, 4.69) is 5.32 Å². The molecule has 102 valence electrons. The second-order valence-electron chi connectivity index (χ2n) is 4.23. The molecule has 0 spiro atoms. The molecule has 0 bridgehead atoms. The highest BCUT2D eigenvalue weighted by molar-refractivity contribution is 6.30. The molecule has 0 saturated heterocycles. The van der Waals surface area contributed by atoms with Gasteiger partial charge in [-0.25, -0.2) is 0 Å². The Labute approximate surface area is 114 Å². The van der Waals surface area contributed by atoms with Gasteiger partial charge in [0.1, 0.15) is 11.9 Å². The Hall–Kier alpha value is -1.79. The number of ether oxygens (including phenoxy) is 1. The first-order chi connectivity index (χ1) is 8.97. The van der Waals surface area contributed by atoms with Crippen LogP contribution in [0.4, 0.5) is 0 Å². The number of carbonyl (C=O) groups excluding carboxylic acids is 2. The van der Waals surface area contributed by atoms with Gasteiger partial charge in [-0.3, -0.25) is 9.59 Å². The Morgan fingerprint density at radius 1 is 1.58 bits per heavy atom. The van der Waals surface area contributed by atoms with Crippen LogP contribution in [0.3, 0.4) is 0 Å². The summed E-state index contributed by atoms with van der Waals surface area (Å²) >= 11 is 5.85. The van der Waals surface area contributed by atoms with Crippen LogP contribution in [-0.4, -0.2) is 35.7 Å². The van der Waals surface area contributed by atoms with Gasteiger partial charge in [0.05, 0.1) is 6.54 Å². The van der Waals surface area contributed by atoms with Crippen molar-refractivity contribution < 1.29 is 19.4 Å². The first-order valence-electron chi connectivity index (χ1n) is 5.67. The SMILES string of the molecule is NC(=O)C(O)CNC(=O)C1Cc2cc(Cl)ccc2O1. The lowest BCUT2D eigenvalue weighted by Crippen LogP contribution is -2.44. The van der Waals surface area contributed by atoms with Gasteiger partial charge in [-0.2, -0.15) is 0 Å². The van der Waals surface area contributed by atoms with Gasteiger partial charge in [-0.1, -0.05) is 11.6 Å². The molecule has 6 nitrogen and oxygen atoms in total. The number of benzene rings is 1. The van der Waals surface area contributed by atoms with Crippen molar-refractivity contribution in [3.8, 4) is 5.75 Å². The molecule has 2 unspecified atom stereocenters. The second-order valence-corrected chi connectivity index (χ2v) is 4.66. The van der Waals surface area contributed by atoms with Crippen molar-refractivity contribution in [3.63, 3.8) is 0 Å². The van der Waals surface area contributed by atoms with Crippen molar-refractivity contribution in [3.05, 3.63) is 28.8 Å². The molecule has 0 radical (unpaired) electrons. The first-order valence-corrected chi connectivity index (χ1v) is 6.05. The number of nitrogens with one attached hydrogen (secondary N) is 1. The van der Waals surface area contributed by atoms with E-state index in [1.54, 1.807) is 18.2 Å². The monoisotopic (exact) mass is 284 g/mol. The summed E-state index contributed by atoms with van der Waals surface area (Å²) in [5.74, 6) is -0.685. The van der Waals surface area contributed by atoms with E-state index in [1.807, 2.05) is 0 Å². The van der Waals surface area contributed by atoms with E-state index in [-0.39, 0.29) is 6.54 Å². The summed E-state index contributed by atoms with van der Waals surface area (Å²) in [4.78, 5) is 22.4. The largest absolute Gasteiger partial charge is 0.480 e. The predicted octanol–water partition coefficient (Wildman–Crippen LogP) is -0.394. The zero-order chi connectivity index (χ0) is 14.0. The summed E-state index contributed by atoms with van der Waals surface area (Å²) in [6.07, 6.45) is -1.69. The van der Waals surface area contributed by atoms with E-state index in [9.17, 15) is 14.7 Å². The molecule has 2 rings (SSSR count). The minimum absolute atomic E-state index is 0.231. The predicted molar refractivity (Wildman–Crippen MR) is 67.8 cm³/mol. The highest BCUT2D eigenvalue weighted by Crippen LogP contribution is 2.30. The van der Waals surface area contributed by atoms with Crippen molar-refractivity contribution >= 4 is 23.4 Å². The van der Waals surface area contributed by atoms with Crippen LogP contribution in [0, 0.1) is 0 Å². The van der Waals surface area contributed by atoms with Crippen molar-refractivity contribution in [1.82, 2.24) is 5.32 Å². The lowest BCUT2D eigenvalue weighted by molar-refractivity contribution is -0.129. The second kappa shape index (κ2) is 5.46. The number of fused-ring (bicyclic) bond motifs is 1. The van der Waals surface area contributed by atoms with Crippen LogP contribution in [0.5, 0.6) is 5.75 Å². The summed E-state index contributed by atoms with van der Waals surface area (Å²) in [6.45, 7) is -0.231. The molecule has 7 heteroatoms. The smallest absolute Gasteiger partial charge is 0.261 e. The van der Waals surface area contributed by atoms with Crippen molar-refractivity contribution in [2.24, 2.45) is 5.73 Å². The van der Waals surface area contributed by atoms with Crippen LogP contribution < -0.4 is 15.8 Å². The van der Waals surface area contributed by atoms with E-state index in [4.69, 9.17) is 22.1 Å². The molecular formula is C12H13ClN2O4. The third kappa shape index (κ3) is 3.15. The average molecular weight is 285 g/mol. The third-order valence-corrected chi connectivity index (χ3v) is 3.02. The van der Waals surface area contributed by atoms with Crippen LogP contribution in [-0.2, 0) is 16.0 Å². The van der Waals surface area contributed by atoms with Gasteiger partial charge in [-0.05, 0) is 23.8 Å². The third-order valence-electron chi connectivity index (χ3n) is 2.79. The Bertz CT molecular complexity index is 520. The maximum atomic E-state index is 11.8. The molecule has 0 aromatic heterocycles. The molecule has 0 aliphatic carbocycles.